The Balaban J connectivity index is 2.13. The van der Waals surface area contributed by atoms with Gasteiger partial charge in [0.1, 0.15) is 6.04 Å². The van der Waals surface area contributed by atoms with E-state index in [2.05, 4.69) is 10.6 Å². The van der Waals surface area contributed by atoms with Crippen LogP contribution in [0.3, 0.4) is 0 Å². The van der Waals surface area contributed by atoms with E-state index in [0.29, 0.717) is 11.8 Å². The van der Waals surface area contributed by atoms with Gasteiger partial charge in [0.15, 0.2) is 0 Å². The minimum Gasteiger partial charge on any atom is -0.379 e. The van der Waals surface area contributed by atoms with Gasteiger partial charge in [-0.2, -0.15) is 13.2 Å². The van der Waals surface area contributed by atoms with Crippen LogP contribution in [0, 0.1) is 5.92 Å². The van der Waals surface area contributed by atoms with E-state index in [1.54, 1.807) is 26.0 Å². The van der Waals surface area contributed by atoms with Gasteiger partial charge in [-0.05, 0) is 17.4 Å². The Kier molecular flexibility index (Phi) is 6.02. The maximum Gasteiger partial charge on any atom is 0.454 e. The molecule has 2 rings (SSSR count). The van der Waals surface area contributed by atoms with E-state index in [4.69, 9.17) is 0 Å². The van der Waals surface area contributed by atoms with Crippen LogP contribution in [-0.2, 0) is 9.59 Å². The van der Waals surface area contributed by atoms with Crippen molar-refractivity contribution in [3.05, 3.63) is 54.7 Å². The zero-order chi connectivity index (χ0) is 19.3. The normalized spacial score (nSPS) is 13.2. The number of carbonyl (C=O) groups excluding carboxylic acids is 2. The fraction of sp³-hybridized carbons (Fsp3) is 0.263. The highest BCUT2D eigenvalue weighted by Crippen LogP contribution is 2.23. The number of nitrogens with one attached hydrogen (secondary N) is 2. The lowest BCUT2D eigenvalue weighted by atomic mass is 10.0. The van der Waals surface area contributed by atoms with Crippen molar-refractivity contribution in [1.82, 2.24) is 5.32 Å². The molecule has 2 aromatic rings. The molecule has 4 nitrogen and oxygen atoms in total. The summed E-state index contributed by atoms with van der Waals surface area (Å²) in [5.41, 5.74) is 0.607. The van der Waals surface area contributed by atoms with Crippen molar-refractivity contribution >= 4 is 28.2 Å². The van der Waals surface area contributed by atoms with Gasteiger partial charge >= 0.3 is 6.18 Å². The molecular formula is C19H19F3N2O2. The predicted octanol–water partition coefficient (Wildman–Crippen LogP) is 4.04. The number of ketones is 1. The van der Waals surface area contributed by atoms with E-state index in [9.17, 15) is 22.8 Å². The first-order valence-electron chi connectivity index (χ1n) is 8.02. The van der Waals surface area contributed by atoms with E-state index in [1.807, 2.05) is 30.3 Å². The Morgan fingerprint density at radius 1 is 1.04 bits per heavy atom. The largest absolute Gasteiger partial charge is 0.454 e. The second-order valence-electron chi connectivity index (χ2n) is 6.10. The second-order valence-corrected chi connectivity index (χ2v) is 6.10. The summed E-state index contributed by atoms with van der Waals surface area (Å²) in [5, 5.41) is 7.18. The molecule has 2 N–H and O–H groups in total. The molecule has 1 atom stereocenters. The van der Waals surface area contributed by atoms with Crippen LogP contribution in [0.15, 0.2) is 54.7 Å². The number of allylic oxidation sites excluding steroid dienone is 1. The van der Waals surface area contributed by atoms with E-state index in [-0.39, 0.29) is 5.92 Å². The minimum atomic E-state index is -4.93. The van der Waals surface area contributed by atoms with Gasteiger partial charge in [-0.3, -0.25) is 9.59 Å². The Hall–Kier alpha value is -2.83. The van der Waals surface area contributed by atoms with E-state index in [1.165, 1.54) is 0 Å². The number of carbonyl (C=O) groups is 2. The minimum absolute atomic E-state index is 0.212. The summed E-state index contributed by atoms with van der Waals surface area (Å²) in [4.78, 5) is 23.4. The van der Waals surface area contributed by atoms with Crippen LogP contribution in [0.25, 0.3) is 10.8 Å². The van der Waals surface area contributed by atoms with Crippen LogP contribution in [0.2, 0.25) is 0 Å². The van der Waals surface area contributed by atoms with Gasteiger partial charge in [0.05, 0.1) is 0 Å². The van der Waals surface area contributed by atoms with Crippen LogP contribution in [-0.4, -0.2) is 23.9 Å². The summed E-state index contributed by atoms with van der Waals surface area (Å²) < 4.78 is 36.7. The van der Waals surface area contributed by atoms with Crippen molar-refractivity contribution in [1.29, 1.82) is 0 Å². The Bertz CT molecular complexity index is 824. The fourth-order valence-corrected chi connectivity index (χ4v) is 2.44. The molecule has 0 fully saturated rings. The summed E-state index contributed by atoms with van der Waals surface area (Å²) >= 11 is 0. The molecule has 0 radical (unpaired) electrons. The van der Waals surface area contributed by atoms with E-state index < -0.39 is 23.9 Å². The highest BCUT2D eigenvalue weighted by Gasteiger charge is 2.36. The molecule has 138 valence electrons. The van der Waals surface area contributed by atoms with Crippen molar-refractivity contribution < 1.29 is 22.8 Å². The third-order valence-electron chi connectivity index (χ3n) is 3.79. The van der Waals surface area contributed by atoms with Crippen LogP contribution in [0.4, 0.5) is 18.9 Å². The zero-order valence-electron chi connectivity index (χ0n) is 14.3. The van der Waals surface area contributed by atoms with E-state index in [0.717, 1.165) is 17.0 Å². The number of alkyl halides is 3. The van der Waals surface area contributed by atoms with Crippen molar-refractivity contribution in [2.24, 2.45) is 5.92 Å². The van der Waals surface area contributed by atoms with Crippen LogP contribution in [0.1, 0.15) is 13.8 Å². The number of benzene rings is 2. The van der Waals surface area contributed by atoms with Gasteiger partial charge < -0.3 is 10.6 Å². The maximum atomic E-state index is 12.6. The van der Waals surface area contributed by atoms with Gasteiger partial charge in [-0.15, -0.1) is 0 Å². The third-order valence-corrected chi connectivity index (χ3v) is 3.79. The highest BCUT2D eigenvalue weighted by molar-refractivity contribution is 6.04. The molecule has 26 heavy (non-hydrogen) atoms. The molecule has 2 aromatic carbocycles. The second kappa shape index (κ2) is 8.03. The van der Waals surface area contributed by atoms with Gasteiger partial charge in [-0.1, -0.05) is 50.2 Å². The molecule has 0 saturated carbocycles. The van der Waals surface area contributed by atoms with E-state index >= 15 is 0 Å². The van der Waals surface area contributed by atoms with Gasteiger partial charge in [-0.25, -0.2) is 0 Å². The molecule has 1 unspecified atom stereocenters. The highest BCUT2D eigenvalue weighted by atomic mass is 19.4. The molecule has 0 aliphatic rings. The maximum absolute atomic E-state index is 12.6. The van der Waals surface area contributed by atoms with Gasteiger partial charge in [0.2, 0.25) is 5.91 Å². The summed E-state index contributed by atoms with van der Waals surface area (Å²) in [6.07, 6.45) is -3.69. The number of amides is 1. The average Bonchev–Trinajstić information content (AvgIpc) is 2.57. The molecular weight excluding hydrogens is 345 g/mol. The smallest absolute Gasteiger partial charge is 0.379 e. The molecule has 0 spiro atoms. The SMILES string of the molecule is CC(C)C(NC=CC(=O)C(F)(F)F)C(=O)Nc1cccc2ccccc12. The zero-order valence-corrected chi connectivity index (χ0v) is 14.3. The summed E-state index contributed by atoms with van der Waals surface area (Å²) in [5.74, 6) is -2.60. The molecule has 1 amide bonds. The molecule has 0 aromatic heterocycles. The van der Waals surface area contributed by atoms with Gasteiger partial charge in [0, 0.05) is 23.3 Å². The Morgan fingerprint density at radius 2 is 1.69 bits per heavy atom. The number of halogens is 3. The number of rotatable bonds is 6. The molecule has 0 heterocycles. The van der Waals surface area contributed by atoms with Crippen LogP contribution < -0.4 is 10.6 Å². The van der Waals surface area contributed by atoms with Crippen molar-refractivity contribution in [2.75, 3.05) is 5.32 Å². The molecule has 0 bridgehead atoms. The van der Waals surface area contributed by atoms with Crippen molar-refractivity contribution in [2.45, 2.75) is 26.1 Å². The number of hydrogen-bond donors (Lipinski definition) is 2. The number of fused-ring (bicyclic) bond motifs is 1. The Morgan fingerprint density at radius 3 is 2.35 bits per heavy atom. The first-order chi connectivity index (χ1) is 12.2. The lowest BCUT2D eigenvalue weighted by Gasteiger charge is -2.21. The van der Waals surface area contributed by atoms with Crippen molar-refractivity contribution in [3.8, 4) is 0 Å². The summed E-state index contributed by atoms with van der Waals surface area (Å²) in [6.45, 7) is 3.50. The third kappa shape index (κ3) is 4.84. The summed E-state index contributed by atoms with van der Waals surface area (Å²) in [6, 6.07) is 12.2. The quantitative estimate of drug-likeness (QED) is 0.761. The number of hydrogen-bond acceptors (Lipinski definition) is 3. The standard InChI is InChI=1S/C19H19F3N2O2/c1-12(2)17(23-11-10-16(25)19(20,21)22)18(26)24-15-9-5-7-13-6-3-4-8-14(13)15/h3-12,17,23H,1-2H3,(H,24,26). The molecule has 0 aliphatic heterocycles. The van der Waals surface area contributed by atoms with Crippen LogP contribution in [0.5, 0.6) is 0 Å². The topological polar surface area (TPSA) is 58.2 Å². The number of anilines is 1. The van der Waals surface area contributed by atoms with Gasteiger partial charge in [0.25, 0.3) is 5.78 Å². The lowest BCUT2D eigenvalue weighted by molar-refractivity contribution is -0.165. The monoisotopic (exact) mass is 364 g/mol. The summed E-state index contributed by atoms with van der Waals surface area (Å²) in [7, 11) is 0. The fourth-order valence-electron chi connectivity index (χ4n) is 2.44. The predicted molar refractivity (Wildman–Crippen MR) is 94.5 cm³/mol. The first-order valence-corrected chi connectivity index (χ1v) is 8.02. The average molecular weight is 364 g/mol. The molecule has 0 aliphatic carbocycles. The Labute approximate surface area is 149 Å². The van der Waals surface area contributed by atoms with Crippen molar-refractivity contribution in [3.63, 3.8) is 0 Å². The molecule has 0 saturated heterocycles. The van der Waals surface area contributed by atoms with Crippen LogP contribution >= 0.6 is 0 Å². The first kappa shape index (κ1) is 19.5. The lowest BCUT2D eigenvalue weighted by Crippen LogP contribution is -2.42. The molecule has 7 heteroatoms.